The Morgan fingerprint density at radius 1 is 1.07 bits per heavy atom. The van der Waals surface area contributed by atoms with Gasteiger partial charge >= 0.3 is 0 Å². The van der Waals surface area contributed by atoms with Crippen molar-refractivity contribution in [3.63, 3.8) is 0 Å². The van der Waals surface area contributed by atoms with Crippen LogP contribution in [0.2, 0.25) is 0 Å². The SMILES string of the molecule is CCCCC[C@@](C)(OCCC)C(=O)Nc1ccc(OCCN2CCCC2)cc1. The number of hydrogen-bond donors (Lipinski definition) is 1. The van der Waals surface area contributed by atoms with Crippen LogP contribution < -0.4 is 10.1 Å². The van der Waals surface area contributed by atoms with Crippen LogP contribution in [0.4, 0.5) is 5.69 Å². The van der Waals surface area contributed by atoms with Gasteiger partial charge in [0.15, 0.2) is 0 Å². The van der Waals surface area contributed by atoms with Gasteiger partial charge in [0, 0.05) is 18.8 Å². The van der Waals surface area contributed by atoms with Crippen molar-refractivity contribution in [1.82, 2.24) is 4.90 Å². The third-order valence-electron chi connectivity index (χ3n) is 5.35. The molecule has 1 aromatic carbocycles. The largest absolute Gasteiger partial charge is 0.492 e. The van der Waals surface area contributed by atoms with E-state index in [1.807, 2.05) is 31.2 Å². The standard InChI is InChI=1S/C23H38N2O3/c1-4-6-7-14-23(3,28-18-5-2)22(26)24-20-10-12-21(13-11-20)27-19-17-25-15-8-9-16-25/h10-13H,4-9,14-19H2,1-3H3,(H,24,26)/t23-/m1/s1. The van der Waals surface area contributed by atoms with Crippen molar-refractivity contribution in [3.05, 3.63) is 24.3 Å². The van der Waals surface area contributed by atoms with Crippen LogP contribution in [0.3, 0.4) is 0 Å². The molecule has 0 aromatic heterocycles. The Morgan fingerprint density at radius 2 is 1.79 bits per heavy atom. The third kappa shape index (κ3) is 7.44. The Kier molecular flexibility index (Phi) is 9.79. The summed E-state index contributed by atoms with van der Waals surface area (Å²) in [5.74, 6) is 0.768. The number of amides is 1. The molecule has 1 fully saturated rings. The van der Waals surface area contributed by atoms with Gasteiger partial charge in [0.2, 0.25) is 0 Å². The van der Waals surface area contributed by atoms with E-state index in [1.54, 1.807) is 0 Å². The van der Waals surface area contributed by atoms with E-state index in [-0.39, 0.29) is 5.91 Å². The van der Waals surface area contributed by atoms with E-state index < -0.39 is 5.60 Å². The number of nitrogens with zero attached hydrogens (tertiary/aromatic N) is 1. The topological polar surface area (TPSA) is 50.8 Å². The van der Waals surface area contributed by atoms with Crippen molar-refractivity contribution >= 4 is 11.6 Å². The maximum absolute atomic E-state index is 12.9. The van der Waals surface area contributed by atoms with Crippen LogP contribution in [0.15, 0.2) is 24.3 Å². The molecule has 0 saturated carbocycles. The van der Waals surface area contributed by atoms with Crippen LogP contribution in [-0.4, -0.2) is 49.3 Å². The second kappa shape index (κ2) is 12.1. The van der Waals surface area contributed by atoms with Gasteiger partial charge in [-0.05, 0) is 70.0 Å². The molecule has 1 heterocycles. The number of ether oxygens (including phenoxy) is 2. The molecule has 1 amide bonds. The molecule has 0 radical (unpaired) electrons. The summed E-state index contributed by atoms with van der Waals surface area (Å²) in [6.07, 6.45) is 7.48. The molecule has 1 atom stereocenters. The van der Waals surface area contributed by atoms with Gasteiger partial charge in [0.05, 0.1) is 0 Å². The summed E-state index contributed by atoms with van der Waals surface area (Å²) in [7, 11) is 0. The van der Waals surface area contributed by atoms with Crippen LogP contribution in [-0.2, 0) is 9.53 Å². The summed E-state index contributed by atoms with van der Waals surface area (Å²) in [6, 6.07) is 7.63. The lowest BCUT2D eigenvalue weighted by atomic mass is 9.96. The molecule has 0 unspecified atom stereocenters. The number of carbonyl (C=O) groups is 1. The molecule has 1 aromatic rings. The molecule has 0 bridgehead atoms. The first-order chi connectivity index (χ1) is 13.6. The zero-order chi connectivity index (χ0) is 20.2. The average Bonchev–Trinajstić information content (AvgIpc) is 3.21. The van der Waals surface area contributed by atoms with Crippen molar-refractivity contribution in [2.45, 2.75) is 71.3 Å². The van der Waals surface area contributed by atoms with Crippen LogP contribution in [0.1, 0.15) is 65.7 Å². The molecule has 1 saturated heterocycles. The highest BCUT2D eigenvalue weighted by Crippen LogP contribution is 2.23. The number of nitrogens with one attached hydrogen (secondary N) is 1. The molecule has 0 aliphatic carbocycles. The molecular formula is C23H38N2O3. The number of anilines is 1. The zero-order valence-corrected chi connectivity index (χ0v) is 18.0. The molecule has 1 N–H and O–H groups in total. The van der Waals surface area contributed by atoms with E-state index in [1.165, 1.54) is 25.9 Å². The molecule has 1 aliphatic rings. The zero-order valence-electron chi connectivity index (χ0n) is 18.0. The maximum atomic E-state index is 12.9. The van der Waals surface area contributed by atoms with Gasteiger partial charge < -0.3 is 14.8 Å². The van der Waals surface area contributed by atoms with E-state index in [2.05, 4.69) is 24.1 Å². The molecule has 5 heteroatoms. The van der Waals surface area contributed by atoms with Gasteiger partial charge in [-0.1, -0.05) is 33.1 Å². The summed E-state index contributed by atoms with van der Waals surface area (Å²) in [6.45, 7) is 10.8. The van der Waals surface area contributed by atoms with Crippen LogP contribution >= 0.6 is 0 Å². The molecule has 28 heavy (non-hydrogen) atoms. The second-order valence-corrected chi connectivity index (χ2v) is 7.91. The van der Waals surface area contributed by atoms with Gasteiger partial charge in [-0.25, -0.2) is 0 Å². The first-order valence-corrected chi connectivity index (χ1v) is 11.0. The minimum Gasteiger partial charge on any atom is -0.492 e. The normalized spacial score (nSPS) is 16.7. The van der Waals surface area contributed by atoms with Gasteiger partial charge in [-0.3, -0.25) is 9.69 Å². The number of hydrogen-bond acceptors (Lipinski definition) is 4. The first kappa shape index (κ1) is 22.7. The van der Waals surface area contributed by atoms with E-state index >= 15 is 0 Å². The number of unbranched alkanes of at least 4 members (excludes halogenated alkanes) is 2. The van der Waals surface area contributed by atoms with E-state index in [0.717, 1.165) is 50.1 Å². The highest BCUT2D eigenvalue weighted by Gasteiger charge is 2.33. The Morgan fingerprint density at radius 3 is 2.43 bits per heavy atom. The summed E-state index contributed by atoms with van der Waals surface area (Å²) in [4.78, 5) is 15.3. The predicted molar refractivity (Wildman–Crippen MR) is 115 cm³/mol. The Labute approximate surface area is 170 Å². The second-order valence-electron chi connectivity index (χ2n) is 7.91. The van der Waals surface area contributed by atoms with Crippen molar-refractivity contribution in [3.8, 4) is 5.75 Å². The maximum Gasteiger partial charge on any atom is 0.256 e. The Bertz CT molecular complexity index is 570. The van der Waals surface area contributed by atoms with E-state index in [0.29, 0.717) is 13.2 Å². The molecule has 0 spiro atoms. The summed E-state index contributed by atoms with van der Waals surface area (Å²) < 4.78 is 11.8. The van der Waals surface area contributed by atoms with Crippen molar-refractivity contribution in [2.75, 3.05) is 38.2 Å². The highest BCUT2D eigenvalue weighted by atomic mass is 16.5. The fraction of sp³-hybridized carbons (Fsp3) is 0.696. The number of likely N-dealkylation sites (tertiary alicyclic amines) is 1. The molecule has 1 aliphatic heterocycles. The first-order valence-electron chi connectivity index (χ1n) is 11.0. The fourth-order valence-corrected chi connectivity index (χ4v) is 3.49. The van der Waals surface area contributed by atoms with Crippen molar-refractivity contribution in [1.29, 1.82) is 0 Å². The molecular weight excluding hydrogens is 352 g/mol. The predicted octanol–water partition coefficient (Wildman–Crippen LogP) is 4.87. The highest BCUT2D eigenvalue weighted by molar-refractivity contribution is 5.97. The van der Waals surface area contributed by atoms with Crippen LogP contribution in [0, 0.1) is 0 Å². The summed E-state index contributed by atoms with van der Waals surface area (Å²) >= 11 is 0. The smallest absolute Gasteiger partial charge is 0.256 e. The number of rotatable bonds is 13. The van der Waals surface area contributed by atoms with Gasteiger partial charge in [-0.2, -0.15) is 0 Å². The van der Waals surface area contributed by atoms with Crippen molar-refractivity contribution in [2.24, 2.45) is 0 Å². The van der Waals surface area contributed by atoms with Crippen LogP contribution in [0.25, 0.3) is 0 Å². The van der Waals surface area contributed by atoms with E-state index in [9.17, 15) is 4.79 Å². The minimum atomic E-state index is -0.782. The lowest BCUT2D eigenvalue weighted by Crippen LogP contribution is -2.43. The Balaban J connectivity index is 1.84. The van der Waals surface area contributed by atoms with Crippen molar-refractivity contribution < 1.29 is 14.3 Å². The van der Waals surface area contributed by atoms with Gasteiger partial charge in [0.25, 0.3) is 5.91 Å². The van der Waals surface area contributed by atoms with Gasteiger partial charge in [0.1, 0.15) is 18.0 Å². The summed E-state index contributed by atoms with van der Waals surface area (Å²) in [5.41, 5.74) is -0.00509. The lowest BCUT2D eigenvalue weighted by molar-refractivity contribution is -0.140. The van der Waals surface area contributed by atoms with Gasteiger partial charge in [-0.15, -0.1) is 0 Å². The van der Waals surface area contributed by atoms with E-state index in [4.69, 9.17) is 9.47 Å². The Hall–Kier alpha value is -1.59. The third-order valence-corrected chi connectivity index (χ3v) is 5.35. The fourth-order valence-electron chi connectivity index (χ4n) is 3.49. The minimum absolute atomic E-state index is 0.0697. The number of carbonyl (C=O) groups excluding carboxylic acids is 1. The number of benzene rings is 1. The quantitative estimate of drug-likeness (QED) is 0.489. The monoisotopic (exact) mass is 390 g/mol. The average molecular weight is 391 g/mol. The molecule has 5 nitrogen and oxygen atoms in total. The summed E-state index contributed by atoms with van der Waals surface area (Å²) in [5, 5.41) is 3.02. The van der Waals surface area contributed by atoms with Crippen LogP contribution in [0.5, 0.6) is 5.75 Å². The lowest BCUT2D eigenvalue weighted by Gasteiger charge is -2.28. The molecule has 2 rings (SSSR count). The molecule has 158 valence electrons.